The van der Waals surface area contributed by atoms with Gasteiger partial charge in [-0.3, -0.25) is 4.99 Å². The van der Waals surface area contributed by atoms with Crippen LogP contribution in [0.3, 0.4) is 0 Å². The number of thiophene rings is 1. The summed E-state index contributed by atoms with van der Waals surface area (Å²) >= 11 is 5.24. The van der Waals surface area contributed by atoms with E-state index in [1.807, 2.05) is 7.05 Å². The molecule has 2 heterocycles. The van der Waals surface area contributed by atoms with Crippen molar-refractivity contribution in [2.24, 2.45) is 4.99 Å². The second kappa shape index (κ2) is 5.68. The van der Waals surface area contributed by atoms with Crippen LogP contribution in [0.15, 0.2) is 20.9 Å². The van der Waals surface area contributed by atoms with Crippen LogP contribution >= 0.6 is 27.3 Å². The van der Waals surface area contributed by atoms with Gasteiger partial charge in [0.05, 0.1) is 10.3 Å². The molecule has 1 saturated heterocycles. The third kappa shape index (κ3) is 2.98. The van der Waals surface area contributed by atoms with Gasteiger partial charge in [0, 0.05) is 25.0 Å². The van der Waals surface area contributed by atoms with Crippen molar-refractivity contribution >= 4 is 33.2 Å². The molecule has 0 radical (unpaired) electrons. The summed E-state index contributed by atoms with van der Waals surface area (Å²) in [5.41, 5.74) is 0. The summed E-state index contributed by atoms with van der Waals surface area (Å²) < 4.78 is 1.18. The molecule has 1 fully saturated rings. The van der Waals surface area contributed by atoms with E-state index in [-0.39, 0.29) is 0 Å². The van der Waals surface area contributed by atoms with Crippen molar-refractivity contribution in [1.82, 2.24) is 10.2 Å². The van der Waals surface area contributed by atoms with E-state index >= 15 is 0 Å². The van der Waals surface area contributed by atoms with Crippen molar-refractivity contribution in [2.45, 2.75) is 19.4 Å². The molecule has 1 aromatic rings. The highest BCUT2D eigenvalue weighted by Crippen LogP contribution is 2.21. The van der Waals surface area contributed by atoms with E-state index in [2.05, 4.69) is 43.3 Å². The van der Waals surface area contributed by atoms with E-state index in [1.165, 1.54) is 21.5 Å². The number of nitrogens with zero attached hydrogens (tertiary/aromatic N) is 2. The predicted octanol–water partition coefficient (Wildman–Crippen LogP) is 2.68. The molecule has 0 amide bonds. The Morgan fingerprint density at radius 3 is 2.81 bits per heavy atom. The van der Waals surface area contributed by atoms with Gasteiger partial charge in [-0.2, -0.15) is 0 Å². The first-order valence-corrected chi connectivity index (χ1v) is 7.10. The summed E-state index contributed by atoms with van der Waals surface area (Å²) in [6.45, 7) is 3.13. The fraction of sp³-hybridized carbons (Fsp3) is 0.545. The zero-order chi connectivity index (χ0) is 11.4. The first-order chi connectivity index (χ1) is 7.79. The number of guanidine groups is 1. The summed E-state index contributed by atoms with van der Waals surface area (Å²) in [5, 5.41) is 3.41. The van der Waals surface area contributed by atoms with Crippen LogP contribution in [0.1, 0.15) is 17.7 Å². The Kier molecular flexibility index (Phi) is 4.23. The van der Waals surface area contributed by atoms with Crippen LogP contribution in [-0.4, -0.2) is 31.0 Å². The lowest BCUT2D eigenvalue weighted by Crippen LogP contribution is -2.38. The Morgan fingerprint density at radius 1 is 1.50 bits per heavy atom. The molecule has 0 unspecified atom stereocenters. The Hall–Kier alpha value is -0.550. The highest BCUT2D eigenvalue weighted by Gasteiger charge is 2.15. The summed E-state index contributed by atoms with van der Waals surface area (Å²) in [6, 6.07) is 4.22. The van der Waals surface area contributed by atoms with Gasteiger partial charge in [0.25, 0.3) is 0 Å². The van der Waals surface area contributed by atoms with Gasteiger partial charge in [0.1, 0.15) is 0 Å². The largest absolute Gasteiger partial charge is 0.351 e. The third-order valence-electron chi connectivity index (χ3n) is 2.67. The lowest BCUT2D eigenvalue weighted by Gasteiger charge is -2.20. The number of nitrogens with one attached hydrogen (secondary N) is 1. The summed E-state index contributed by atoms with van der Waals surface area (Å²) in [5.74, 6) is 1.03. The monoisotopic (exact) mass is 301 g/mol. The zero-order valence-electron chi connectivity index (χ0n) is 9.37. The fourth-order valence-corrected chi connectivity index (χ4v) is 3.30. The Morgan fingerprint density at radius 2 is 2.25 bits per heavy atom. The minimum atomic E-state index is 0.861. The second-order valence-corrected chi connectivity index (χ2v) is 6.35. The van der Waals surface area contributed by atoms with Crippen LogP contribution in [0.2, 0.25) is 0 Å². The van der Waals surface area contributed by atoms with E-state index in [0.717, 1.165) is 25.6 Å². The van der Waals surface area contributed by atoms with Crippen molar-refractivity contribution in [3.05, 3.63) is 20.8 Å². The molecular formula is C11H16BrN3S. The molecule has 5 heteroatoms. The Bertz CT molecular complexity index is 369. The van der Waals surface area contributed by atoms with Gasteiger partial charge in [-0.1, -0.05) is 0 Å². The molecule has 0 aliphatic carbocycles. The average Bonchev–Trinajstić information content (AvgIpc) is 2.91. The van der Waals surface area contributed by atoms with Crippen molar-refractivity contribution < 1.29 is 0 Å². The first kappa shape index (κ1) is 11.9. The fourth-order valence-electron chi connectivity index (χ4n) is 1.87. The molecule has 0 aromatic carbocycles. The van der Waals surface area contributed by atoms with E-state index in [0.29, 0.717) is 0 Å². The molecule has 2 rings (SSSR count). The highest BCUT2D eigenvalue weighted by molar-refractivity contribution is 9.11. The molecule has 88 valence electrons. The molecule has 1 aromatic heterocycles. The number of rotatable bonds is 2. The van der Waals surface area contributed by atoms with Crippen molar-refractivity contribution in [1.29, 1.82) is 0 Å². The van der Waals surface area contributed by atoms with Gasteiger partial charge in [-0.05, 0) is 40.9 Å². The molecule has 0 saturated carbocycles. The Labute approximate surface area is 109 Å². The second-order valence-electron chi connectivity index (χ2n) is 3.80. The van der Waals surface area contributed by atoms with Crippen LogP contribution in [0, 0.1) is 0 Å². The summed E-state index contributed by atoms with van der Waals surface area (Å²) in [4.78, 5) is 7.96. The van der Waals surface area contributed by atoms with Crippen LogP contribution in [-0.2, 0) is 6.54 Å². The minimum absolute atomic E-state index is 0.861. The Balaban J connectivity index is 1.88. The topological polar surface area (TPSA) is 27.6 Å². The van der Waals surface area contributed by atoms with Crippen molar-refractivity contribution in [2.75, 3.05) is 20.1 Å². The molecule has 1 N–H and O–H groups in total. The van der Waals surface area contributed by atoms with Gasteiger partial charge < -0.3 is 10.2 Å². The van der Waals surface area contributed by atoms with Crippen molar-refractivity contribution in [3.8, 4) is 0 Å². The smallest absolute Gasteiger partial charge is 0.193 e. The number of hydrogen-bond donors (Lipinski definition) is 1. The summed E-state index contributed by atoms with van der Waals surface area (Å²) in [7, 11) is 1.85. The third-order valence-corrected chi connectivity index (χ3v) is 4.29. The van der Waals surface area contributed by atoms with Crippen LogP contribution in [0.4, 0.5) is 0 Å². The van der Waals surface area contributed by atoms with E-state index in [9.17, 15) is 0 Å². The van der Waals surface area contributed by atoms with Gasteiger partial charge in [-0.15, -0.1) is 11.3 Å². The molecule has 3 nitrogen and oxygen atoms in total. The van der Waals surface area contributed by atoms with E-state index in [1.54, 1.807) is 11.3 Å². The maximum atomic E-state index is 4.32. The predicted molar refractivity (Wildman–Crippen MR) is 73.0 cm³/mol. The molecule has 16 heavy (non-hydrogen) atoms. The van der Waals surface area contributed by atoms with E-state index in [4.69, 9.17) is 0 Å². The number of likely N-dealkylation sites (tertiary alicyclic amines) is 1. The number of hydrogen-bond acceptors (Lipinski definition) is 2. The average molecular weight is 302 g/mol. The summed E-state index contributed by atoms with van der Waals surface area (Å²) in [6.07, 6.45) is 2.57. The van der Waals surface area contributed by atoms with Gasteiger partial charge in [0.15, 0.2) is 5.96 Å². The lowest BCUT2D eigenvalue weighted by molar-refractivity contribution is 0.494. The minimum Gasteiger partial charge on any atom is -0.351 e. The molecule has 0 atom stereocenters. The normalized spacial score (nSPS) is 16.9. The quantitative estimate of drug-likeness (QED) is 0.672. The molecule has 1 aliphatic rings. The lowest BCUT2D eigenvalue weighted by atomic mass is 10.4. The van der Waals surface area contributed by atoms with Crippen LogP contribution in [0.5, 0.6) is 0 Å². The van der Waals surface area contributed by atoms with E-state index < -0.39 is 0 Å². The van der Waals surface area contributed by atoms with Crippen LogP contribution in [0.25, 0.3) is 0 Å². The van der Waals surface area contributed by atoms with Gasteiger partial charge in [0.2, 0.25) is 0 Å². The maximum Gasteiger partial charge on any atom is 0.193 e. The maximum absolute atomic E-state index is 4.32. The van der Waals surface area contributed by atoms with Gasteiger partial charge >= 0.3 is 0 Å². The molecular weight excluding hydrogens is 286 g/mol. The van der Waals surface area contributed by atoms with Gasteiger partial charge in [-0.25, -0.2) is 0 Å². The molecule has 0 bridgehead atoms. The first-order valence-electron chi connectivity index (χ1n) is 5.49. The number of aliphatic imine (C=N–C) groups is 1. The molecule has 1 aliphatic heterocycles. The highest BCUT2D eigenvalue weighted by atomic mass is 79.9. The van der Waals surface area contributed by atoms with Crippen LogP contribution < -0.4 is 5.32 Å². The standard InChI is InChI=1S/C11H16BrN3S/c1-13-11(15-6-2-3-7-15)14-8-9-4-5-10(12)16-9/h4-5H,2-3,6-8H2,1H3,(H,13,14). The zero-order valence-corrected chi connectivity index (χ0v) is 11.8. The SMILES string of the molecule is CN=C(NCc1ccc(Br)s1)N1CCCC1. The van der Waals surface area contributed by atoms with Crippen molar-refractivity contribution in [3.63, 3.8) is 0 Å². The number of halogens is 1. The molecule has 0 spiro atoms.